The number of hydrogen-bond donors (Lipinski definition) is 1. The molecule has 0 saturated heterocycles. The second kappa shape index (κ2) is 5.50. The van der Waals surface area contributed by atoms with Gasteiger partial charge < -0.3 is 19.7 Å². The molecule has 20 heavy (non-hydrogen) atoms. The minimum Gasteiger partial charge on any atom is -0.485 e. The van der Waals surface area contributed by atoms with Crippen LogP contribution in [0.3, 0.4) is 0 Å². The van der Waals surface area contributed by atoms with E-state index in [4.69, 9.17) is 19.7 Å². The van der Waals surface area contributed by atoms with Gasteiger partial charge in [0.25, 0.3) is 5.89 Å². The molecule has 2 atom stereocenters. The van der Waals surface area contributed by atoms with Gasteiger partial charge in [-0.05, 0) is 18.6 Å². The van der Waals surface area contributed by atoms with Crippen LogP contribution in [0, 0.1) is 0 Å². The second-order valence-corrected chi connectivity index (χ2v) is 4.75. The molecule has 2 unspecified atom stereocenters. The number of benzene rings is 1. The largest absolute Gasteiger partial charge is 0.485 e. The van der Waals surface area contributed by atoms with E-state index in [0.717, 1.165) is 18.6 Å². The van der Waals surface area contributed by atoms with Crippen LogP contribution >= 0.6 is 0 Å². The molecule has 2 heterocycles. The van der Waals surface area contributed by atoms with Gasteiger partial charge in [-0.25, -0.2) is 0 Å². The van der Waals surface area contributed by atoms with Crippen molar-refractivity contribution in [3.63, 3.8) is 0 Å². The van der Waals surface area contributed by atoms with Crippen molar-refractivity contribution >= 4 is 0 Å². The van der Waals surface area contributed by atoms with Crippen LogP contribution in [-0.4, -0.2) is 16.7 Å². The van der Waals surface area contributed by atoms with Gasteiger partial charge >= 0.3 is 0 Å². The van der Waals surface area contributed by atoms with Crippen LogP contribution in [0.4, 0.5) is 0 Å². The van der Waals surface area contributed by atoms with Gasteiger partial charge in [0.1, 0.15) is 6.61 Å². The highest BCUT2D eigenvalue weighted by Crippen LogP contribution is 2.35. The zero-order valence-electron chi connectivity index (χ0n) is 11.3. The number of para-hydroxylation sites is 2. The van der Waals surface area contributed by atoms with Gasteiger partial charge in [0.05, 0.1) is 6.04 Å². The van der Waals surface area contributed by atoms with Crippen LogP contribution in [0.1, 0.15) is 43.6 Å². The Morgan fingerprint density at radius 3 is 2.95 bits per heavy atom. The van der Waals surface area contributed by atoms with E-state index in [1.807, 2.05) is 24.3 Å². The van der Waals surface area contributed by atoms with E-state index in [1.54, 1.807) is 0 Å². The van der Waals surface area contributed by atoms with E-state index in [9.17, 15) is 0 Å². The maximum Gasteiger partial charge on any atom is 0.271 e. The van der Waals surface area contributed by atoms with E-state index in [0.29, 0.717) is 24.1 Å². The number of hydrogen-bond acceptors (Lipinski definition) is 6. The Labute approximate surface area is 116 Å². The lowest BCUT2D eigenvalue weighted by Gasteiger charge is -2.23. The minimum atomic E-state index is -0.389. The highest BCUT2D eigenvalue weighted by atomic mass is 16.6. The molecular formula is C14H17N3O3. The highest BCUT2D eigenvalue weighted by Gasteiger charge is 2.28. The fourth-order valence-corrected chi connectivity index (χ4v) is 2.11. The summed E-state index contributed by atoms with van der Waals surface area (Å²) in [5.74, 6) is 2.33. The van der Waals surface area contributed by atoms with Crippen molar-refractivity contribution in [3.8, 4) is 11.5 Å². The van der Waals surface area contributed by atoms with Gasteiger partial charge in [0.2, 0.25) is 6.10 Å². The van der Waals surface area contributed by atoms with Gasteiger partial charge in [-0.15, -0.1) is 0 Å². The summed E-state index contributed by atoms with van der Waals surface area (Å²) in [6, 6.07) is 7.30. The summed E-state index contributed by atoms with van der Waals surface area (Å²) in [6.45, 7) is 2.41. The Balaban J connectivity index is 1.75. The first-order chi connectivity index (χ1) is 9.78. The van der Waals surface area contributed by atoms with Crippen LogP contribution in [0.15, 0.2) is 28.8 Å². The predicted octanol–water partition coefficient (Wildman–Crippen LogP) is 2.38. The van der Waals surface area contributed by atoms with Gasteiger partial charge in [-0.2, -0.15) is 4.98 Å². The van der Waals surface area contributed by atoms with E-state index in [-0.39, 0.29) is 12.1 Å². The third kappa shape index (κ3) is 2.46. The molecule has 1 aliphatic heterocycles. The van der Waals surface area contributed by atoms with Crippen molar-refractivity contribution in [1.29, 1.82) is 0 Å². The number of nitrogens with zero attached hydrogens (tertiary/aromatic N) is 2. The lowest BCUT2D eigenvalue weighted by atomic mass is 10.2. The Morgan fingerprint density at radius 1 is 1.35 bits per heavy atom. The molecule has 0 fully saturated rings. The second-order valence-electron chi connectivity index (χ2n) is 4.75. The van der Waals surface area contributed by atoms with Crippen molar-refractivity contribution in [2.24, 2.45) is 5.73 Å². The summed E-state index contributed by atoms with van der Waals surface area (Å²) in [4.78, 5) is 4.32. The molecule has 3 rings (SSSR count). The lowest BCUT2D eigenvalue weighted by Crippen LogP contribution is -2.22. The van der Waals surface area contributed by atoms with Gasteiger partial charge in [-0.3, -0.25) is 0 Å². The molecule has 1 aromatic carbocycles. The van der Waals surface area contributed by atoms with Crippen molar-refractivity contribution < 1.29 is 14.0 Å². The first-order valence-corrected chi connectivity index (χ1v) is 6.75. The monoisotopic (exact) mass is 275 g/mol. The SMILES string of the molecule is CCCC(N)c1noc(C2COc3ccccc3O2)n1. The summed E-state index contributed by atoms with van der Waals surface area (Å²) >= 11 is 0. The standard InChI is InChI=1S/C14H17N3O3/c1-2-5-9(15)13-16-14(20-17-13)12-8-18-10-6-3-4-7-11(10)19-12/h3-4,6-7,9,12H,2,5,8,15H2,1H3. The summed E-state index contributed by atoms with van der Waals surface area (Å²) < 4.78 is 16.7. The summed E-state index contributed by atoms with van der Waals surface area (Å²) in [7, 11) is 0. The van der Waals surface area contributed by atoms with Crippen molar-refractivity contribution in [3.05, 3.63) is 36.0 Å². The number of fused-ring (bicyclic) bond motifs is 1. The topological polar surface area (TPSA) is 83.4 Å². The first kappa shape index (κ1) is 12.9. The Kier molecular flexibility index (Phi) is 3.56. The lowest BCUT2D eigenvalue weighted by molar-refractivity contribution is 0.0665. The molecular weight excluding hydrogens is 258 g/mol. The maximum absolute atomic E-state index is 5.97. The van der Waals surface area contributed by atoms with Crippen LogP contribution in [0.2, 0.25) is 0 Å². The normalized spacial score (nSPS) is 18.8. The number of aromatic nitrogens is 2. The Hall–Kier alpha value is -2.08. The molecule has 2 aromatic rings. The van der Waals surface area contributed by atoms with Gasteiger partial charge in [-0.1, -0.05) is 30.6 Å². The molecule has 0 bridgehead atoms. The van der Waals surface area contributed by atoms with Crippen molar-refractivity contribution in [2.45, 2.75) is 31.9 Å². The molecule has 0 spiro atoms. The third-order valence-electron chi connectivity index (χ3n) is 3.17. The number of ether oxygens (including phenoxy) is 2. The van der Waals surface area contributed by atoms with Crippen LogP contribution < -0.4 is 15.2 Å². The summed E-state index contributed by atoms with van der Waals surface area (Å²) in [5, 5.41) is 3.92. The number of nitrogens with two attached hydrogens (primary N) is 1. The summed E-state index contributed by atoms with van der Waals surface area (Å²) in [6.07, 6.45) is 1.41. The molecule has 0 radical (unpaired) electrons. The molecule has 1 aliphatic rings. The van der Waals surface area contributed by atoms with Crippen LogP contribution in [0.25, 0.3) is 0 Å². The molecule has 106 valence electrons. The first-order valence-electron chi connectivity index (χ1n) is 6.75. The minimum absolute atomic E-state index is 0.200. The third-order valence-corrected chi connectivity index (χ3v) is 3.17. The van der Waals surface area contributed by atoms with E-state index in [2.05, 4.69) is 17.1 Å². The van der Waals surface area contributed by atoms with Crippen molar-refractivity contribution in [1.82, 2.24) is 10.1 Å². The van der Waals surface area contributed by atoms with Crippen molar-refractivity contribution in [2.75, 3.05) is 6.61 Å². The average Bonchev–Trinajstić information content (AvgIpc) is 2.97. The van der Waals surface area contributed by atoms with E-state index in [1.165, 1.54) is 0 Å². The molecule has 0 aliphatic carbocycles. The molecule has 2 N–H and O–H groups in total. The maximum atomic E-state index is 5.97. The van der Waals surface area contributed by atoms with Gasteiger partial charge in [0.15, 0.2) is 17.3 Å². The molecule has 0 amide bonds. The Bertz CT molecular complexity index is 585. The summed E-state index contributed by atoms with van der Waals surface area (Å²) in [5.41, 5.74) is 5.97. The molecule has 6 nitrogen and oxygen atoms in total. The average molecular weight is 275 g/mol. The highest BCUT2D eigenvalue weighted by molar-refractivity contribution is 5.40. The quantitative estimate of drug-likeness (QED) is 0.922. The smallest absolute Gasteiger partial charge is 0.271 e. The number of rotatable bonds is 4. The van der Waals surface area contributed by atoms with E-state index < -0.39 is 0 Å². The molecule has 1 aromatic heterocycles. The zero-order chi connectivity index (χ0) is 13.9. The van der Waals surface area contributed by atoms with Crippen LogP contribution in [-0.2, 0) is 0 Å². The zero-order valence-corrected chi connectivity index (χ0v) is 11.3. The fourth-order valence-electron chi connectivity index (χ4n) is 2.11. The predicted molar refractivity (Wildman–Crippen MR) is 71.4 cm³/mol. The van der Waals surface area contributed by atoms with E-state index >= 15 is 0 Å². The molecule has 6 heteroatoms. The van der Waals surface area contributed by atoms with Crippen LogP contribution in [0.5, 0.6) is 11.5 Å². The molecule has 0 saturated carbocycles. The Morgan fingerprint density at radius 2 is 2.15 bits per heavy atom. The fraction of sp³-hybridized carbons (Fsp3) is 0.429. The van der Waals surface area contributed by atoms with Gasteiger partial charge in [0, 0.05) is 0 Å².